The first-order valence-corrected chi connectivity index (χ1v) is 6.08. The van der Waals surface area contributed by atoms with Crippen LogP contribution in [-0.2, 0) is 0 Å². The second-order valence-corrected chi connectivity index (χ2v) is 4.21. The first-order valence-electron chi connectivity index (χ1n) is 6.08. The van der Waals surface area contributed by atoms with Crippen molar-refractivity contribution < 1.29 is 8.78 Å². The number of hydrogen-bond donors (Lipinski definition) is 0. The van der Waals surface area contributed by atoms with Crippen LogP contribution in [-0.4, -0.2) is 9.97 Å². The predicted molar refractivity (Wildman–Crippen MR) is 72.8 cm³/mol. The van der Waals surface area contributed by atoms with Gasteiger partial charge in [0, 0.05) is 18.0 Å². The Balaban J connectivity index is 2.22. The Morgan fingerprint density at radius 3 is 1.95 bits per heavy atom. The van der Waals surface area contributed by atoms with Crippen molar-refractivity contribution in [2.45, 2.75) is 0 Å². The van der Waals surface area contributed by atoms with Crippen LogP contribution in [0.2, 0.25) is 0 Å². The summed E-state index contributed by atoms with van der Waals surface area (Å²) in [5.41, 5.74) is 0.851. The molecular weight excluding hydrogens is 258 g/mol. The van der Waals surface area contributed by atoms with Gasteiger partial charge in [0.05, 0.1) is 17.0 Å². The second kappa shape index (κ2) is 5.17. The van der Waals surface area contributed by atoms with Crippen LogP contribution in [0, 0.1) is 11.6 Å². The molecule has 0 N–H and O–H groups in total. The highest BCUT2D eigenvalue weighted by Gasteiger charge is 2.17. The molecule has 20 heavy (non-hydrogen) atoms. The van der Waals surface area contributed by atoms with E-state index < -0.39 is 11.6 Å². The molecule has 0 atom stereocenters. The van der Waals surface area contributed by atoms with Crippen LogP contribution in [0.1, 0.15) is 0 Å². The van der Waals surface area contributed by atoms with Crippen LogP contribution in [0.25, 0.3) is 22.5 Å². The van der Waals surface area contributed by atoms with Crippen molar-refractivity contribution in [3.63, 3.8) is 0 Å². The molecule has 2 nitrogen and oxygen atoms in total. The maximum atomic E-state index is 14.6. The largest absolute Gasteiger partial charge is 0.256 e. The predicted octanol–water partition coefficient (Wildman–Crippen LogP) is 4.09. The number of rotatable bonds is 2. The van der Waals surface area contributed by atoms with Gasteiger partial charge >= 0.3 is 0 Å². The van der Waals surface area contributed by atoms with Gasteiger partial charge in [0.25, 0.3) is 0 Å². The van der Waals surface area contributed by atoms with Crippen molar-refractivity contribution in [3.05, 3.63) is 72.6 Å². The number of aromatic nitrogens is 2. The van der Waals surface area contributed by atoms with Crippen LogP contribution in [0.3, 0.4) is 0 Å². The molecule has 0 aliphatic rings. The minimum atomic E-state index is -0.651. The summed E-state index contributed by atoms with van der Waals surface area (Å²) >= 11 is 0. The highest BCUT2D eigenvalue weighted by atomic mass is 19.1. The summed E-state index contributed by atoms with van der Waals surface area (Å²) in [6.45, 7) is 0. The fourth-order valence-corrected chi connectivity index (χ4v) is 2.02. The van der Waals surface area contributed by atoms with E-state index in [1.54, 1.807) is 42.6 Å². The molecule has 0 amide bonds. The zero-order chi connectivity index (χ0) is 13.9. The Morgan fingerprint density at radius 2 is 1.35 bits per heavy atom. The summed E-state index contributed by atoms with van der Waals surface area (Å²) in [7, 11) is 0. The Morgan fingerprint density at radius 1 is 0.700 bits per heavy atom. The number of halogens is 2. The number of nitrogens with zero attached hydrogens (tertiary/aromatic N) is 2. The van der Waals surface area contributed by atoms with Gasteiger partial charge in [0.15, 0.2) is 0 Å². The average molecular weight is 268 g/mol. The topological polar surface area (TPSA) is 25.8 Å². The van der Waals surface area contributed by atoms with Crippen LogP contribution < -0.4 is 0 Å². The first kappa shape index (κ1) is 12.4. The molecular formula is C16H10F2N2. The van der Waals surface area contributed by atoms with Crippen molar-refractivity contribution in [1.82, 2.24) is 9.97 Å². The zero-order valence-corrected chi connectivity index (χ0v) is 10.4. The van der Waals surface area contributed by atoms with Gasteiger partial charge < -0.3 is 0 Å². The Kier molecular flexibility index (Phi) is 3.21. The lowest BCUT2D eigenvalue weighted by atomic mass is 10.0. The first-order chi connectivity index (χ1) is 9.77. The molecule has 3 rings (SSSR count). The van der Waals surface area contributed by atoms with Crippen molar-refractivity contribution >= 4 is 0 Å². The molecule has 0 radical (unpaired) electrons. The molecule has 0 aliphatic carbocycles. The third-order valence-electron chi connectivity index (χ3n) is 2.95. The average Bonchev–Trinajstić information content (AvgIpc) is 2.49. The normalized spacial score (nSPS) is 10.5. The van der Waals surface area contributed by atoms with Crippen LogP contribution in [0.15, 0.2) is 60.9 Å². The SMILES string of the molecule is Fc1ccc(-c2ccccn2)c(F)c1-c1ccccn1. The fourth-order valence-electron chi connectivity index (χ4n) is 2.02. The number of pyridine rings is 2. The third-order valence-corrected chi connectivity index (χ3v) is 2.95. The molecule has 4 heteroatoms. The van der Waals surface area contributed by atoms with Gasteiger partial charge in [0.2, 0.25) is 0 Å². The standard InChI is InChI=1S/C16H10F2N2/c17-12-8-7-11(13-5-1-3-9-19-13)16(18)15(12)14-6-2-4-10-20-14/h1-10H. The van der Waals surface area contributed by atoms with Gasteiger partial charge in [-0.2, -0.15) is 0 Å². The molecule has 0 unspecified atom stereocenters. The van der Waals surface area contributed by atoms with E-state index in [0.29, 0.717) is 5.69 Å². The van der Waals surface area contributed by atoms with Crippen molar-refractivity contribution in [3.8, 4) is 22.5 Å². The van der Waals surface area contributed by atoms with E-state index in [4.69, 9.17) is 0 Å². The highest BCUT2D eigenvalue weighted by Crippen LogP contribution is 2.31. The van der Waals surface area contributed by atoms with Gasteiger partial charge in [-0.15, -0.1) is 0 Å². The van der Waals surface area contributed by atoms with Crippen molar-refractivity contribution in [2.75, 3.05) is 0 Å². The smallest absolute Gasteiger partial charge is 0.144 e. The third kappa shape index (κ3) is 2.16. The quantitative estimate of drug-likeness (QED) is 0.699. The minimum absolute atomic E-state index is 0.131. The summed E-state index contributed by atoms with van der Waals surface area (Å²) < 4.78 is 28.5. The molecule has 0 saturated heterocycles. The van der Waals surface area contributed by atoms with E-state index in [1.165, 1.54) is 18.3 Å². The van der Waals surface area contributed by atoms with E-state index in [0.717, 1.165) is 0 Å². The fraction of sp³-hybridized carbons (Fsp3) is 0. The molecule has 2 heterocycles. The van der Waals surface area contributed by atoms with E-state index >= 15 is 0 Å². The molecule has 98 valence electrons. The minimum Gasteiger partial charge on any atom is -0.256 e. The van der Waals surface area contributed by atoms with Gasteiger partial charge in [-0.25, -0.2) is 8.78 Å². The zero-order valence-electron chi connectivity index (χ0n) is 10.4. The van der Waals surface area contributed by atoms with E-state index in [9.17, 15) is 8.78 Å². The van der Waals surface area contributed by atoms with Crippen molar-refractivity contribution in [1.29, 1.82) is 0 Å². The van der Waals surface area contributed by atoms with Crippen LogP contribution in [0.5, 0.6) is 0 Å². The van der Waals surface area contributed by atoms with E-state index in [1.807, 2.05) is 0 Å². The van der Waals surface area contributed by atoms with Gasteiger partial charge in [-0.1, -0.05) is 12.1 Å². The monoisotopic (exact) mass is 268 g/mol. The lowest BCUT2D eigenvalue weighted by molar-refractivity contribution is 0.590. The van der Waals surface area contributed by atoms with E-state index in [2.05, 4.69) is 9.97 Å². The Hall–Kier alpha value is -2.62. The van der Waals surface area contributed by atoms with Gasteiger partial charge in [-0.05, 0) is 36.4 Å². The summed E-state index contributed by atoms with van der Waals surface area (Å²) in [6, 6.07) is 12.8. The van der Waals surface area contributed by atoms with Gasteiger partial charge in [-0.3, -0.25) is 9.97 Å². The molecule has 2 aromatic heterocycles. The van der Waals surface area contributed by atoms with E-state index in [-0.39, 0.29) is 16.8 Å². The lowest BCUT2D eigenvalue weighted by Crippen LogP contribution is -1.96. The highest BCUT2D eigenvalue weighted by molar-refractivity contribution is 5.71. The molecule has 0 bridgehead atoms. The van der Waals surface area contributed by atoms with Crippen LogP contribution >= 0.6 is 0 Å². The second-order valence-electron chi connectivity index (χ2n) is 4.21. The Bertz CT molecular complexity index is 728. The van der Waals surface area contributed by atoms with Crippen LogP contribution in [0.4, 0.5) is 8.78 Å². The molecule has 3 aromatic rings. The Labute approximate surface area is 114 Å². The number of hydrogen-bond acceptors (Lipinski definition) is 2. The summed E-state index contributed by atoms with van der Waals surface area (Å²) in [5, 5.41) is 0. The lowest BCUT2D eigenvalue weighted by Gasteiger charge is -2.08. The van der Waals surface area contributed by atoms with Crippen molar-refractivity contribution in [2.24, 2.45) is 0 Å². The maximum absolute atomic E-state index is 14.6. The molecule has 0 aliphatic heterocycles. The summed E-state index contributed by atoms with van der Waals surface area (Å²) in [4.78, 5) is 8.10. The summed E-state index contributed by atoms with van der Waals surface area (Å²) in [6.07, 6.45) is 3.07. The molecule has 1 aromatic carbocycles. The molecule has 0 spiro atoms. The summed E-state index contributed by atoms with van der Waals surface area (Å²) in [5.74, 6) is -1.29. The maximum Gasteiger partial charge on any atom is 0.144 e. The molecule has 0 saturated carbocycles. The molecule has 0 fully saturated rings. The number of benzene rings is 1. The van der Waals surface area contributed by atoms with Gasteiger partial charge in [0.1, 0.15) is 11.6 Å².